The Balaban J connectivity index is 2.17. The molecule has 1 aromatic heterocycles. The van der Waals surface area contributed by atoms with E-state index in [4.69, 9.17) is 10.2 Å². The Hall–Kier alpha value is -2.03. The highest BCUT2D eigenvalue weighted by atomic mass is 16.4. The van der Waals surface area contributed by atoms with Crippen molar-refractivity contribution in [2.45, 2.75) is 25.9 Å². The van der Waals surface area contributed by atoms with Crippen LogP contribution >= 0.6 is 0 Å². The monoisotopic (exact) mass is 364 g/mol. The SMILES string of the molecule is CN1CCCN(CC(=O)O)Cc2cccc(n2)CN(CC(=O)O)CCC1. The number of carbonyl (C=O) groups is 2. The molecule has 1 aromatic rings. The van der Waals surface area contributed by atoms with E-state index in [0.717, 1.165) is 37.3 Å². The van der Waals surface area contributed by atoms with Crippen molar-refractivity contribution < 1.29 is 19.8 Å². The van der Waals surface area contributed by atoms with Gasteiger partial charge in [0.25, 0.3) is 0 Å². The van der Waals surface area contributed by atoms with Crippen molar-refractivity contribution in [2.75, 3.05) is 46.3 Å². The average Bonchev–Trinajstić information content (AvgIpc) is 2.53. The lowest BCUT2D eigenvalue weighted by atomic mass is 10.2. The van der Waals surface area contributed by atoms with Crippen molar-refractivity contribution in [2.24, 2.45) is 0 Å². The third-order valence-electron chi connectivity index (χ3n) is 4.38. The van der Waals surface area contributed by atoms with Crippen LogP contribution in [0.25, 0.3) is 0 Å². The van der Waals surface area contributed by atoms with Crippen molar-refractivity contribution in [1.29, 1.82) is 0 Å². The summed E-state index contributed by atoms with van der Waals surface area (Å²) in [6, 6.07) is 5.67. The topological polar surface area (TPSA) is 97.2 Å². The normalized spacial score (nSPS) is 19.0. The zero-order chi connectivity index (χ0) is 18.9. The lowest BCUT2D eigenvalue weighted by molar-refractivity contribution is -0.139. The number of rotatable bonds is 4. The van der Waals surface area contributed by atoms with Gasteiger partial charge in [0.1, 0.15) is 0 Å². The van der Waals surface area contributed by atoms with Gasteiger partial charge < -0.3 is 15.1 Å². The third kappa shape index (κ3) is 7.47. The van der Waals surface area contributed by atoms with E-state index in [-0.39, 0.29) is 13.1 Å². The highest BCUT2D eigenvalue weighted by Crippen LogP contribution is 2.09. The standard InChI is InChI=1S/C18H28N4O4/c1-20-7-3-9-21(13-17(23)24)11-15-5-2-6-16(19-15)12-22(10-4-8-20)14-18(25)26/h2,5-6H,3-4,7-14H2,1H3,(H,23,24)(H,25,26). The number of pyridine rings is 1. The number of aliphatic carboxylic acids is 2. The van der Waals surface area contributed by atoms with Gasteiger partial charge in [-0.15, -0.1) is 0 Å². The smallest absolute Gasteiger partial charge is 0.317 e. The number of fused-ring (bicyclic) bond motifs is 2. The fraction of sp³-hybridized carbons (Fsp3) is 0.611. The van der Waals surface area contributed by atoms with Gasteiger partial charge in [0.05, 0.1) is 24.5 Å². The quantitative estimate of drug-likeness (QED) is 0.801. The summed E-state index contributed by atoms with van der Waals surface area (Å²) in [5.41, 5.74) is 1.62. The molecule has 8 nitrogen and oxygen atoms in total. The summed E-state index contributed by atoms with van der Waals surface area (Å²) in [7, 11) is 2.04. The first-order valence-corrected chi connectivity index (χ1v) is 8.94. The summed E-state index contributed by atoms with van der Waals surface area (Å²) >= 11 is 0. The first-order chi connectivity index (χ1) is 12.4. The van der Waals surface area contributed by atoms with E-state index in [1.165, 1.54) is 0 Å². The Bertz CT molecular complexity index is 563. The molecule has 0 spiro atoms. The molecule has 2 rings (SSSR count). The minimum absolute atomic E-state index is 0.0131. The van der Waals surface area contributed by atoms with E-state index in [1.54, 1.807) is 0 Å². The number of carboxylic acid groups (broad SMARTS) is 2. The van der Waals surface area contributed by atoms with Crippen molar-refractivity contribution in [3.63, 3.8) is 0 Å². The highest BCUT2D eigenvalue weighted by Gasteiger charge is 2.15. The first kappa shape index (κ1) is 20.3. The van der Waals surface area contributed by atoms with Crippen LogP contribution in [-0.4, -0.2) is 88.2 Å². The predicted octanol–water partition coefficient (Wildman–Crippen LogP) is 0.580. The third-order valence-corrected chi connectivity index (χ3v) is 4.38. The molecule has 1 aliphatic rings. The molecule has 2 heterocycles. The minimum atomic E-state index is -0.844. The first-order valence-electron chi connectivity index (χ1n) is 8.94. The van der Waals surface area contributed by atoms with Gasteiger partial charge in [-0.3, -0.25) is 24.4 Å². The fourth-order valence-corrected chi connectivity index (χ4v) is 3.21. The lowest BCUT2D eigenvalue weighted by Crippen LogP contribution is -2.35. The molecule has 2 N–H and O–H groups in total. The molecule has 0 saturated carbocycles. The van der Waals surface area contributed by atoms with Gasteiger partial charge in [-0.1, -0.05) is 6.07 Å². The Morgan fingerprint density at radius 2 is 1.38 bits per heavy atom. The minimum Gasteiger partial charge on any atom is -0.480 e. The summed E-state index contributed by atoms with van der Waals surface area (Å²) in [6.45, 7) is 4.08. The Morgan fingerprint density at radius 3 is 1.81 bits per heavy atom. The summed E-state index contributed by atoms with van der Waals surface area (Å²) in [6.07, 6.45) is 1.75. The molecule has 0 aromatic carbocycles. The van der Waals surface area contributed by atoms with Crippen LogP contribution in [0.4, 0.5) is 0 Å². The maximum Gasteiger partial charge on any atom is 0.317 e. The number of hydrogen-bond acceptors (Lipinski definition) is 6. The zero-order valence-electron chi connectivity index (χ0n) is 15.3. The molecule has 0 fully saturated rings. The highest BCUT2D eigenvalue weighted by molar-refractivity contribution is 5.69. The second-order valence-corrected chi connectivity index (χ2v) is 6.84. The molecule has 0 saturated heterocycles. The molecule has 2 bridgehead atoms. The van der Waals surface area contributed by atoms with Gasteiger partial charge in [0.2, 0.25) is 0 Å². The Morgan fingerprint density at radius 1 is 0.923 bits per heavy atom. The van der Waals surface area contributed by atoms with Gasteiger partial charge >= 0.3 is 11.9 Å². The maximum atomic E-state index is 11.1. The molecular formula is C18H28N4O4. The maximum absolute atomic E-state index is 11.1. The van der Waals surface area contributed by atoms with Gasteiger partial charge in [0, 0.05) is 26.2 Å². The number of nitrogens with zero attached hydrogens (tertiary/aromatic N) is 4. The second kappa shape index (κ2) is 10.2. The second-order valence-electron chi connectivity index (χ2n) is 6.84. The fourth-order valence-electron chi connectivity index (χ4n) is 3.21. The van der Waals surface area contributed by atoms with E-state index in [0.29, 0.717) is 26.2 Å². The summed E-state index contributed by atoms with van der Waals surface area (Å²) in [5, 5.41) is 18.3. The van der Waals surface area contributed by atoms with Crippen molar-refractivity contribution in [1.82, 2.24) is 19.7 Å². The molecular weight excluding hydrogens is 336 g/mol. The number of hydrogen-bond donors (Lipinski definition) is 2. The summed E-state index contributed by atoms with van der Waals surface area (Å²) < 4.78 is 0. The van der Waals surface area contributed by atoms with E-state index >= 15 is 0 Å². The molecule has 144 valence electrons. The number of carboxylic acids is 2. The van der Waals surface area contributed by atoms with Crippen LogP contribution in [-0.2, 0) is 22.7 Å². The molecule has 1 aliphatic heterocycles. The molecule has 8 heteroatoms. The lowest BCUT2D eigenvalue weighted by Gasteiger charge is -2.25. The molecule has 26 heavy (non-hydrogen) atoms. The van der Waals surface area contributed by atoms with Gasteiger partial charge in [0.15, 0.2) is 0 Å². The predicted molar refractivity (Wildman–Crippen MR) is 96.8 cm³/mol. The van der Waals surface area contributed by atoms with Gasteiger partial charge in [-0.2, -0.15) is 0 Å². The van der Waals surface area contributed by atoms with E-state index < -0.39 is 11.9 Å². The average molecular weight is 364 g/mol. The number of aromatic nitrogens is 1. The van der Waals surface area contributed by atoms with Crippen LogP contribution in [0.1, 0.15) is 24.2 Å². The van der Waals surface area contributed by atoms with Crippen LogP contribution in [0, 0.1) is 0 Å². The van der Waals surface area contributed by atoms with Crippen LogP contribution in [0.5, 0.6) is 0 Å². The van der Waals surface area contributed by atoms with E-state index in [2.05, 4.69) is 9.88 Å². The van der Waals surface area contributed by atoms with Crippen molar-refractivity contribution in [3.05, 3.63) is 29.6 Å². The molecule has 0 radical (unpaired) electrons. The van der Waals surface area contributed by atoms with Crippen molar-refractivity contribution in [3.8, 4) is 0 Å². The van der Waals surface area contributed by atoms with E-state index in [9.17, 15) is 9.59 Å². The van der Waals surface area contributed by atoms with Crippen LogP contribution in [0.15, 0.2) is 18.2 Å². The van der Waals surface area contributed by atoms with Crippen molar-refractivity contribution >= 4 is 11.9 Å². The summed E-state index contributed by atoms with van der Waals surface area (Å²) in [4.78, 5) is 32.9. The largest absolute Gasteiger partial charge is 0.480 e. The zero-order valence-corrected chi connectivity index (χ0v) is 15.3. The van der Waals surface area contributed by atoms with Crippen LogP contribution in [0.3, 0.4) is 0 Å². The molecule has 0 atom stereocenters. The van der Waals surface area contributed by atoms with Crippen LogP contribution in [0.2, 0.25) is 0 Å². The molecule has 0 aliphatic carbocycles. The molecule has 0 unspecified atom stereocenters. The molecule has 0 amide bonds. The van der Waals surface area contributed by atoms with Crippen LogP contribution < -0.4 is 0 Å². The Kier molecular flexibility index (Phi) is 7.96. The Labute approximate surface area is 154 Å². The van der Waals surface area contributed by atoms with Gasteiger partial charge in [-0.05, 0) is 45.1 Å². The van der Waals surface area contributed by atoms with Gasteiger partial charge in [-0.25, -0.2) is 0 Å². The summed E-state index contributed by atoms with van der Waals surface area (Å²) in [5.74, 6) is -1.69. The van der Waals surface area contributed by atoms with E-state index in [1.807, 2.05) is 35.0 Å².